The highest BCUT2D eigenvalue weighted by atomic mass is 32.2. The number of hydrogen-bond donors (Lipinski definition) is 0. The Labute approximate surface area is 127 Å². The van der Waals surface area contributed by atoms with E-state index in [0.29, 0.717) is 12.0 Å². The van der Waals surface area contributed by atoms with Crippen LogP contribution in [0.25, 0.3) is 0 Å². The second-order valence-corrected chi connectivity index (χ2v) is 8.27. The SMILES string of the molecule is Cc1ccc(C(=O)N(C)[C@@H]2CCCC[C@@H]2S(C)(=O)=O)cc1. The van der Waals surface area contributed by atoms with Gasteiger partial charge in [-0.25, -0.2) is 8.42 Å². The predicted molar refractivity (Wildman–Crippen MR) is 84.2 cm³/mol. The molecule has 1 aromatic carbocycles. The molecule has 1 fully saturated rings. The van der Waals surface area contributed by atoms with Gasteiger partial charge in [-0.3, -0.25) is 4.79 Å². The van der Waals surface area contributed by atoms with E-state index in [9.17, 15) is 13.2 Å². The van der Waals surface area contributed by atoms with Gasteiger partial charge < -0.3 is 4.90 Å². The van der Waals surface area contributed by atoms with Crippen molar-refractivity contribution >= 4 is 15.7 Å². The van der Waals surface area contributed by atoms with Crippen LogP contribution in [-0.2, 0) is 9.84 Å². The molecule has 1 aliphatic carbocycles. The van der Waals surface area contributed by atoms with Crippen LogP contribution in [0.5, 0.6) is 0 Å². The van der Waals surface area contributed by atoms with Crippen LogP contribution in [0.2, 0.25) is 0 Å². The standard InChI is InChI=1S/C16H23NO3S/c1-12-8-10-13(11-9-12)16(18)17(2)14-6-4-5-7-15(14)21(3,19)20/h8-11,14-15H,4-7H2,1-3H3/t14-,15+/m1/s1. The lowest BCUT2D eigenvalue weighted by Crippen LogP contribution is -2.49. The molecule has 0 saturated heterocycles. The van der Waals surface area contributed by atoms with Crippen molar-refractivity contribution in [3.8, 4) is 0 Å². The minimum atomic E-state index is -3.14. The third-order valence-corrected chi connectivity index (χ3v) is 5.98. The summed E-state index contributed by atoms with van der Waals surface area (Å²) in [7, 11) is -1.42. The smallest absolute Gasteiger partial charge is 0.253 e. The Kier molecular flexibility index (Phi) is 4.71. The number of sulfone groups is 1. The molecule has 0 spiro atoms. The molecule has 1 amide bonds. The van der Waals surface area contributed by atoms with E-state index in [0.717, 1.165) is 24.8 Å². The van der Waals surface area contributed by atoms with Gasteiger partial charge in [0.05, 0.1) is 5.25 Å². The van der Waals surface area contributed by atoms with Gasteiger partial charge in [-0.05, 0) is 31.9 Å². The van der Waals surface area contributed by atoms with Gasteiger partial charge in [-0.2, -0.15) is 0 Å². The third kappa shape index (κ3) is 3.64. The van der Waals surface area contributed by atoms with Crippen LogP contribution in [0.15, 0.2) is 24.3 Å². The molecule has 5 heteroatoms. The maximum Gasteiger partial charge on any atom is 0.253 e. The summed E-state index contributed by atoms with van der Waals surface area (Å²) in [6, 6.07) is 7.17. The topological polar surface area (TPSA) is 54.5 Å². The second kappa shape index (κ2) is 6.18. The van der Waals surface area contributed by atoms with Crippen molar-refractivity contribution in [2.24, 2.45) is 0 Å². The number of carbonyl (C=O) groups is 1. The summed E-state index contributed by atoms with van der Waals surface area (Å²) in [4.78, 5) is 14.2. The van der Waals surface area contributed by atoms with Gasteiger partial charge in [-0.15, -0.1) is 0 Å². The molecule has 1 saturated carbocycles. The van der Waals surface area contributed by atoms with E-state index in [2.05, 4.69) is 0 Å². The molecule has 0 unspecified atom stereocenters. The van der Waals surface area contributed by atoms with Crippen molar-refractivity contribution in [3.63, 3.8) is 0 Å². The first kappa shape index (κ1) is 16.0. The fourth-order valence-corrected chi connectivity index (χ4v) is 4.55. The van der Waals surface area contributed by atoms with Crippen molar-refractivity contribution in [2.45, 2.75) is 43.9 Å². The van der Waals surface area contributed by atoms with Crippen LogP contribution in [0.3, 0.4) is 0 Å². The van der Waals surface area contributed by atoms with Crippen LogP contribution in [0, 0.1) is 6.92 Å². The van der Waals surface area contributed by atoms with Crippen LogP contribution < -0.4 is 0 Å². The number of carbonyl (C=O) groups excluding carboxylic acids is 1. The Morgan fingerprint density at radius 3 is 2.29 bits per heavy atom. The first-order valence-electron chi connectivity index (χ1n) is 7.33. The van der Waals surface area contributed by atoms with E-state index in [-0.39, 0.29) is 11.9 Å². The molecule has 0 N–H and O–H groups in total. The molecule has 2 rings (SSSR count). The molecule has 21 heavy (non-hydrogen) atoms. The van der Waals surface area contributed by atoms with Crippen LogP contribution in [0.1, 0.15) is 41.6 Å². The molecule has 1 aromatic rings. The number of benzene rings is 1. The summed E-state index contributed by atoms with van der Waals surface area (Å²) in [5.41, 5.74) is 1.71. The fourth-order valence-electron chi connectivity index (χ4n) is 3.07. The molecule has 0 radical (unpaired) electrons. The van der Waals surface area contributed by atoms with E-state index < -0.39 is 15.1 Å². The molecular formula is C16H23NO3S. The number of rotatable bonds is 3. The predicted octanol–water partition coefficient (Wildman–Crippen LogP) is 2.42. The normalized spacial score (nSPS) is 22.8. The molecule has 2 atom stereocenters. The van der Waals surface area contributed by atoms with Gasteiger partial charge in [0.2, 0.25) is 0 Å². The molecule has 0 aliphatic heterocycles. The first-order chi connectivity index (χ1) is 9.80. The fraction of sp³-hybridized carbons (Fsp3) is 0.562. The highest BCUT2D eigenvalue weighted by molar-refractivity contribution is 7.91. The van der Waals surface area contributed by atoms with Crippen molar-refractivity contribution in [1.82, 2.24) is 4.90 Å². The Morgan fingerprint density at radius 1 is 1.14 bits per heavy atom. The molecule has 1 aliphatic rings. The Bertz CT molecular complexity index is 607. The van der Waals surface area contributed by atoms with Gasteiger partial charge in [0, 0.05) is 24.9 Å². The van der Waals surface area contributed by atoms with Crippen molar-refractivity contribution in [2.75, 3.05) is 13.3 Å². The molecule has 0 bridgehead atoms. The first-order valence-corrected chi connectivity index (χ1v) is 9.29. The number of hydrogen-bond acceptors (Lipinski definition) is 3. The van der Waals surface area contributed by atoms with E-state index in [4.69, 9.17) is 0 Å². The van der Waals surface area contributed by atoms with Gasteiger partial charge in [-0.1, -0.05) is 30.5 Å². The van der Waals surface area contributed by atoms with Gasteiger partial charge in [0.25, 0.3) is 5.91 Å². The molecule has 116 valence electrons. The average Bonchev–Trinajstić information content (AvgIpc) is 2.45. The lowest BCUT2D eigenvalue weighted by molar-refractivity contribution is 0.0700. The minimum Gasteiger partial charge on any atom is -0.337 e. The number of amides is 1. The average molecular weight is 309 g/mol. The lowest BCUT2D eigenvalue weighted by atomic mass is 9.93. The second-order valence-electron chi connectivity index (χ2n) is 6.00. The minimum absolute atomic E-state index is 0.101. The molecular weight excluding hydrogens is 286 g/mol. The maximum absolute atomic E-state index is 12.6. The van der Waals surface area contributed by atoms with E-state index >= 15 is 0 Å². The largest absolute Gasteiger partial charge is 0.337 e. The lowest BCUT2D eigenvalue weighted by Gasteiger charge is -2.37. The van der Waals surface area contributed by atoms with Crippen molar-refractivity contribution in [3.05, 3.63) is 35.4 Å². The summed E-state index contributed by atoms with van der Waals surface area (Å²) >= 11 is 0. The molecule has 4 nitrogen and oxygen atoms in total. The van der Waals surface area contributed by atoms with E-state index in [1.165, 1.54) is 6.26 Å². The Morgan fingerprint density at radius 2 is 1.71 bits per heavy atom. The summed E-state index contributed by atoms with van der Waals surface area (Å²) in [5, 5.41) is -0.439. The van der Waals surface area contributed by atoms with Crippen molar-refractivity contribution in [1.29, 1.82) is 0 Å². The molecule has 0 aromatic heterocycles. The quantitative estimate of drug-likeness (QED) is 0.861. The van der Waals surface area contributed by atoms with Crippen LogP contribution in [0.4, 0.5) is 0 Å². The summed E-state index contributed by atoms with van der Waals surface area (Å²) < 4.78 is 23.9. The van der Waals surface area contributed by atoms with E-state index in [1.54, 1.807) is 24.1 Å². The number of nitrogens with zero attached hydrogens (tertiary/aromatic N) is 1. The van der Waals surface area contributed by atoms with E-state index in [1.807, 2.05) is 19.1 Å². The summed E-state index contributed by atoms with van der Waals surface area (Å²) in [6.07, 6.45) is 4.57. The maximum atomic E-state index is 12.6. The van der Waals surface area contributed by atoms with Crippen LogP contribution in [-0.4, -0.2) is 43.8 Å². The van der Waals surface area contributed by atoms with Gasteiger partial charge >= 0.3 is 0 Å². The van der Waals surface area contributed by atoms with Crippen LogP contribution >= 0.6 is 0 Å². The highest BCUT2D eigenvalue weighted by Crippen LogP contribution is 2.28. The zero-order chi connectivity index (χ0) is 15.6. The summed E-state index contributed by atoms with van der Waals surface area (Å²) in [5.74, 6) is -0.101. The Balaban J connectivity index is 2.22. The van der Waals surface area contributed by atoms with Crippen molar-refractivity contribution < 1.29 is 13.2 Å². The monoisotopic (exact) mass is 309 g/mol. The van der Waals surface area contributed by atoms with Gasteiger partial charge in [0.1, 0.15) is 0 Å². The third-order valence-electron chi connectivity index (χ3n) is 4.33. The summed E-state index contributed by atoms with van der Waals surface area (Å²) in [6.45, 7) is 1.97. The number of aryl methyl sites for hydroxylation is 1. The zero-order valence-corrected chi connectivity index (χ0v) is 13.7. The highest BCUT2D eigenvalue weighted by Gasteiger charge is 2.37. The van der Waals surface area contributed by atoms with Gasteiger partial charge in [0.15, 0.2) is 9.84 Å². The molecule has 0 heterocycles. The zero-order valence-electron chi connectivity index (χ0n) is 12.9. The Hall–Kier alpha value is -1.36.